The van der Waals surface area contributed by atoms with E-state index >= 15 is 0 Å². The fourth-order valence-corrected chi connectivity index (χ4v) is 0.584. The molecule has 0 saturated heterocycles. The summed E-state index contributed by atoms with van der Waals surface area (Å²) >= 11 is 0. The van der Waals surface area contributed by atoms with Gasteiger partial charge in [-0.1, -0.05) is 12.2 Å². The van der Waals surface area contributed by atoms with Gasteiger partial charge in [0.1, 0.15) is 6.26 Å². The van der Waals surface area contributed by atoms with Gasteiger partial charge >= 0.3 is 0 Å². The molecule has 0 saturated carbocycles. The predicted molar refractivity (Wildman–Crippen MR) is 35.1 cm³/mol. The second kappa shape index (κ2) is 3.27. The highest BCUT2D eigenvalue weighted by molar-refractivity contribution is 5.01. The van der Waals surface area contributed by atoms with Crippen molar-refractivity contribution in [3.05, 3.63) is 24.5 Å². The summed E-state index contributed by atoms with van der Waals surface area (Å²) in [4.78, 5) is 5.02. The van der Waals surface area contributed by atoms with Crippen LogP contribution < -0.4 is 5.73 Å². The van der Waals surface area contributed by atoms with E-state index in [0.717, 1.165) is 6.54 Å². The Morgan fingerprint density at radius 2 is 2.44 bits per heavy atom. The Labute approximate surface area is 54.3 Å². The van der Waals surface area contributed by atoms with Gasteiger partial charge in [-0.25, -0.2) is 0 Å². The van der Waals surface area contributed by atoms with Crippen LogP contribution in [0.3, 0.4) is 0 Å². The largest absolute Gasteiger partial charge is 0.412 e. The van der Waals surface area contributed by atoms with E-state index in [2.05, 4.69) is 0 Å². The summed E-state index contributed by atoms with van der Waals surface area (Å²) in [5.74, 6) is 0. The number of hydrogen-bond donors (Lipinski definition) is 1. The van der Waals surface area contributed by atoms with Crippen LogP contribution in [0.1, 0.15) is 0 Å². The summed E-state index contributed by atoms with van der Waals surface area (Å²) in [5.41, 5.74) is 5.31. The number of nitrogens with two attached hydrogens (primary N) is 1. The third-order valence-electron chi connectivity index (χ3n) is 1.05. The highest BCUT2D eigenvalue weighted by Crippen LogP contribution is 1.94. The normalized spacial score (nSPS) is 19.2. The Morgan fingerprint density at radius 3 is 3.22 bits per heavy atom. The van der Waals surface area contributed by atoms with E-state index in [1.807, 2.05) is 18.2 Å². The van der Waals surface area contributed by atoms with Gasteiger partial charge in [-0.2, -0.15) is 0 Å². The topological polar surface area (TPSA) is 38.5 Å². The monoisotopic (exact) mass is 126 g/mol. The highest BCUT2D eigenvalue weighted by Gasteiger charge is 1.97. The van der Waals surface area contributed by atoms with Crippen molar-refractivity contribution in [2.24, 2.45) is 5.73 Å². The molecule has 3 nitrogen and oxygen atoms in total. The molecule has 9 heavy (non-hydrogen) atoms. The lowest BCUT2D eigenvalue weighted by atomic mass is 10.5. The third kappa shape index (κ3) is 1.87. The van der Waals surface area contributed by atoms with E-state index in [1.165, 1.54) is 0 Å². The van der Waals surface area contributed by atoms with Crippen LogP contribution in [0, 0.1) is 0 Å². The molecule has 0 aromatic heterocycles. The Morgan fingerprint density at radius 1 is 1.56 bits per heavy atom. The average molecular weight is 126 g/mol. The Kier molecular flexibility index (Phi) is 2.30. The van der Waals surface area contributed by atoms with Crippen molar-refractivity contribution in [3.63, 3.8) is 0 Å². The molecule has 1 aliphatic heterocycles. The minimum Gasteiger partial charge on any atom is -0.412 e. The van der Waals surface area contributed by atoms with Gasteiger partial charge in [-0.3, -0.25) is 0 Å². The SMILES string of the molecule is NCN1CC=CC=CO1. The fraction of sp³-hybridized carbons (Fsp3) is 0.333. The quantitative estimate of drug-likeness (QED) is 0.546. The van der Waals surface area contributed by atoms with Gasteiger partial charge in [0.2, 0.25) is 0 Å². The summed E-state index contributed by atoms with van der Waals surface area (Å²) in [6.07, 6.45) is 7.35. The molecule has 0 spiro atoms. The zero-order valence-corrected chi connectivity index (χ0v) is 5.16. The first-order valence-electron chi connectivity index (χ1n) is 2.87. The molecule has 1 aliphatic rings. The van der Waals surface area contributed by atoms with Crippen LogP contribution in [0.25, 0.3) is 0 Å². The predicted octanol–water partition coefficient (Wildman–Crippen LogP) is 0.220. The Hall–Kier alpha value is -0.800. The maximum absolute atomic E-state index is 5.31. The summed E-state index contributed by atoms with van der Waals surface area (Å²) < 4.78 is 0. The van der Waals surface area contributed by atoms with E-state index in [9.17, 15) is 0 Å². The summed E-state index contributed by atoms with van der Waals surface area (Å²) in [7, 11) is 0. The molecular weight excluding hydrogens is 116 g/mol. The lowest BCUT2D eigenvalue weighted by Gasteiger charge is -2.13. The molecule has 0 aliphatic carbocycles. The van der Waals surface area contributed by atoms with Crippen LogP contribution in [-0.4, -0.2) is 18.3 Å². The van der Waals surface area contributed by atoms with Gasteiger partial charge < -0.3 is 10.6 Å². The van der Waals surface area contributed by atoms with E-state index in [-0.39, 0.29) is 0 Å². The molecule has 0 bridgehead atoms. The third-order valence-corrected chi connectivity index (χ3v) is 1.05. The Balaban J connectivity index is 2.40. The van der Waals surface area contributed by atoms with Crippen molar-refractivity contribution in [1.82, 2.24) is 5.06 Å². The van der Waals surface area contributed by atoms with Gasteiger partial charge in [0.15, 0.2) is 0 Å². The highest BCUT2D eigenvalue weighted by atomic mass is 16.7. The van der Waals surface area contributed by atoms with Crippen LogP contribution >= 0.6 is 0 Å². The minimum atomic E-state index is 0.425. The van der Waals surface area contributed by atoms with Crippen LogP contribution in [0.5, 0.6) is 0 Å². The molecule has 0 amide bonds. The smallest absolute Gasteiger partial charge is 0.111 e. The zero-order valence-electron chi connectivity index (χ0n) is 5.16. The first-order chi connectivity index (χ1) is 4.43. The van der Waals surface area contributed by atoms with Crippen molar-refractivity contribution in [2.45, 2.75) is 0 Å². The van der Waals surface area contributed by atoms with Gasteiger partial charge in [-0.15, -0.1) is 5.06 Å². The lowest BCUT2D eigenvalue weighted by molar-refractivity contribution is -0.0901. The van der Waals surface area contributed by atoms with Gasteiger partial charge in [0, 0.05) is 0 Å². The first kappa shape index (κ1) is 6.32. The van der Waals surface area contributed by atoms with Crippen LogP contribution in [0.2, 0.25) is 0 Å². The number of hydroxylamine groups is 2. The molecule has 0 unspecified atom stereocenters. The number of nitrogens with zero attached hydrogens (tertiary/aromatic N) is 1. The number of allylic oxidation sites excluding steroid dienone is 2. The zero-order chi connectivity index (χ0) is 6.53. The maximum atomic E-state index is 5.31. The minimum absolute atomic E-state index is 0.425. The van der Waals surface area contributed by atoms with Gasteiger partial charge in [-0.05, 0) is 6.08 Å². The molecule has 0 radical (unpaired) electrons. The maximum Gasteiger partial charge on any atom is 0.111 e. The second-order valence-corrected chi connectivity index (χ2v) is 1.71. The van der Waals surface area contributed by atoms with E-state index in [4.69, 9.17) is 10.6 Å². The molecule has 0 atom stereocenters. The average Bonchev–Trinajstić information content (AvgIpc) is 2.13. The number of hydrogen-bond acceptors (Lipinski definition) is 3. The van der Waals surface area contributed by atoms with Crippen LogP contribution in [-0.2, 0) is 4.84 Å². The van der Waals surface area contributed by atoms with Crippen molar-refractivity contribution < 1.29 is 4.84 Å². The molecule has 2 N–H and O–H groups in total. The van der Waals surface area contributed by atoms with E-state index in [1.54, 1.807) is 11.3 Å². The first-order valence-corrected chi connectivity index (χ1v) is 2.87. The Bertz CT molecular complexity index is 117. The van der Waals surface area contributed by atoms with E-state index < -0.39 is 0 Å². The molecule has 50 valence electrons. The lowest BCUT2D eigenvalue weighted by Crippen LogP contribution is -2.28. The van der Waals surface area contributed by atoms with Gasteiger partial charge in [0.25, 0.3) is 0 Å². The molecule has 0 aromatic carbocycles. The van der Waals surface area contributed by atoms with Crippen molar-refractivity contribution in [1.29, 1.82) is 0 Å². The fourth-order valence-electron chi connectivity index (χ4n) is 0.584. The molecule has 0 fully saturated rings. The molecule has 0 aromatic rings. The standard InChI is InChI=1S/C6H10N2O/c7-6-8-4-2-1-3-5-9-8/h1-3,5H,4,6-7H2. The number of rotatable bonds is 1. The van der Waals surface area contributed by atoms with E-state index in [0.29, 0.717) is 6.67 Å². The van der Waals surface area contributed by atoms with Crippen molar-refractivity contribution in [2.75, 3.05) is 13.2 Å². The second-order valence-electron chi connectivity index (χ2n) is 1.71. The van der Waals surface area contributed by atoms with Crippen LogP contribution in [0.15, 0.2) is 24.5 Å². The molecule has 1 rings (SSSR count). The van der Waals surface area contributed by atoms with Gasteiger partial charge in [0.05, 0.1) is 13.2 Å². The molecule has 3 heteroatoms. The summed E-state index contributed by atoms with van der Waals surface area (Å²) in [5, 5.41) is 1.65. The summed E-state index contributed by atoms with van der Waals surface area (Å²) in [6, 6.07) is 0. The summed E-state index contributed by atoms with van der Waals surface area (Å²) in [6.45, 7) is 1.18. The molecule has 1 heterocycles. The van der Waals surface area contributed by atoms with Crippen LogP contribution in [0.4, 0.5) is 0 Å². The van der Waals surface area contributed by atoms with Crippen molar-refractivity contribution >= 4 is 0 Å². The van der Waals surface area contributed by atoms with Crippen molar-refractivity contribution in [3.8, 4) is 0 Å². The molecular formula is C6H10N2O.